The highest BCUT2D eigenvalue weighted by Crippen LogP contribution is 2.17. The lowest BCUT2D eigenvalue weighted by Gasteiger charge is -2.09. The Balaban J connectivity index is 2.22. The molecule has 0 amide bonds. The lowest BCUT2D eigenvalue weighted by molar-refractivity contribution is -0.143. The average molecular weight is 226 g/mol. The molecule has 1 N–H and O–H groups in total. The highest BCUT2D eigenvalue weighted by atomic mass is 32.2. The molecule has 0 aliphatic heterocycles. The van der Waals surface area contributed by atoms with Crippen LogP contribution >= 0.6 is 11.8 Å². The number of thioether (sulfide) groups is 1. The molecule has 1 unspecified atom stereocenters. The summed E-state index contributed by atoms with van der Waals surface area (Å²) in [5, 5.41) is 9.46. The third-order valence-electron chi connectivity index (χ3n) is 1.66. The fraction of sp³-hybridized carbons (Fsp3) is 0.364. The molecule has 1 aromatic rings. The summed E-state index contributed by atoms with van der Waals surface area (Å²) in [6.07, 6.45) is -0.612. The molecule has 0 heterocycles. The van der Waals surface area contributed by atoms with Gasteiger partial charge in [-0.05, 0) is 12.1 Å². The van der Waals surface area contributed by atoms with Crippen LogP contribution < -0.4 is 0 Å². The molecule has 0 spiro atoms. The van der Waals surface area contributed by atoms with Crippen molar-refractivity contribution in [3.05, 3.63) is 30.3 Å². The maximum atomic E-state index is 10.5. The first-order chi connectivity index (χ1) is 7.18. The number of carbonyl (C=O) groups is 1. The third kappa shape index (κ3) is 5.44. The zero-order chi connectivity index (χ0) is 11.1. The van der Waals surface area contributed by atoms with Crippen LogP contribution in [0.1, 0.15) is 6.92 Å². The molecule has 1 rings (SSSR count). The second kappa shape index (κ2) is 6.48. The van der Waals surface area contributed by atoms with E-state index in [0.29, 0.717) is 5.75 Å². The van der Waals surface area contributed by atoms with E-state index in [-0.39, 0.29) is 12.6 Å². The number of carbonyl (C=O) groups excluding carboxylic acids is 1. The van der Waals surface area contributed by atoms with E-state index in [1.54, 1.807) is 0 Å². The molecular formula is C11H14O3S. The first-order valence-corrected chi connectivity index (χ1v) is 5.66. The monoisotopic (exact) mass is 226 g/mol. The Labute approximate surface area is 93.4 Å². The average Bonchev–Trinajstić information content (AvgIpc) is 2.25. The van der Waals surface area contributed by atoms with Crippen LogP contribution in [0.25, 0.3) is 0 Å². The molecule has 1 atom stereocenters. The van der Waals surface area contributed by atoms with E-state index in [9.17, 15) is 9.90 Å². The molecule has 4 heteroatoms. The summed E-state index contributed by atoms with van der Waals surface area (Å²) in [6.45, 7) is 1.40. The van der Waals surface area contributed by atoms with E-state index in [2.05, 4.69) is 4.74 Å². The van der Waals surface area contributed by atoms with E-state index in [1.165, 1.54) is 18.7 Å². The van der Waals surface area contributed by atoms with Crippen molar-refractivity contribution in [2.24, 2.45) is 0 Å². The molecular weight excluding hydrogens is 212 g/mol. The molecule has 3 nitrogen and oxygen atoms in total. The van der Waals surface area contributed by atoms with Crippen LogP contribution in [-0.2, 0) is 9.53 Å². The first kappa shape index (κ1) is 12.1. The summed E-state index contributed by atoms with van der Waals surface area (Å²) in [6, 6.07) is 9.79. The van der Waals surface area contributed by atoms with Crippen molar-refractivity contribution in [2.45, 2.75) is 17.9 Å². The lowest BCUT2D eigenvalue weighted by Crippen LogP contribution is -2.19. The molecule has 0 bridgehead atoms. The molecule has 0 fully saturated rings. The second-order valence-corrected chi connectivity index (χ2v) is 4.17. The normalized spacial score (nSPS) is 12.1. The zero-order valence-corrected chi connectivity index (χ0v) is 9.37. The van der Waals surface area contributed by atoms with Gasteiger partial charge in [0.25, 0.3) is 0 Å². The van der Waals surface area contributed by atoms with E-state index in [0.717, 1.165) is 4.90 Å². The number of rotatable bonds is 5. The molecule has 0 saturated heterocycles. The minimum Gasteiger partial charge on any atom is -0.463 e. The van der Waals surface area contributed by atoms with Crippen LogP contribution in [0.5, 0.6) is 0 Å². The van der Waals surface area contributed by atoms with Crippen molar-refractivity contribution in [3.8, 4) is 0 Å². The van der Waals surface area contributed by atoms with Crippen molar-refractivity contribution >= 4 is 17.7 Å². The van der Waals surface area contributed by atoms with Crippen molar-refractivity contribution in [3.63, 3.8) is 0 Å². The van der Waals surface area contributed by atoms with Gasteiger partial charge in [0.15, 0.2) is 0 Å². The summed E-state index contributed by atoms with van der Waals surface area (Å²) in [4.78, 5) is 11.6. The Kier molecular flexibility index (Phi) is 5.21. The summed E-state index contributed by atoms with van der Waals surface area (Å²) >= 11 is 1.54. The van der Waals surface area contributed by atoms with Crippen molar-refractivity contribution in [1.82, 2.24) is 0 Å². The molecule has 0 aliphatic rings. The topological polar surface area (TPSA) is 46.5 Å². The minimum atomic E-state index is -0.612. The number of esters is 1. The Morgan fingerprint density at radius 3 is 2.73 bits per heavy atom. The number of aliphatic hydroxyl groups is 1. The molecule has 82 valence electrons. The molecule has 0 aromatic heterocycles. The SMILES string of the molecule is CC(=O)OCC(O)CSc1ccccc1. The van der Waals surface area contributed by atoms with Gasteiger partial charge < -0.3 is 9.84 Å². The lowest BCUT2D eigenvalue weighted by atomic mass is 10.4. The summed E-state index contributed by atoms with van der Waals surface area (Å²) < 4.78 is 4.69. The zero-order valence-electron chi connectivity index (χ0n) is 8.55. The number of ether oxygens (including phenoxy) is 1. The molecule has 0 radical (unpaired) electrons. The van der Waals surface area contributed by atoms with Gasteiger partial charge in [-0.15, -0.1) is 11.8 Å². The van der Waals surface area contributed by atoms with Gasteiger partial charge in [-0.1, -0.05) is 18.2 Å². The third-order valence-corrected chi connectivity index (χ3v) is 2.82. The Morgan fingerprint density at radius 2 is 2.13 bits per heavy atom. The van der Waals surface area contributed by atoms with Crippen molar-refractivity contribution in [1.29, 1.82) is 0 Å². The summed E-state index contributed by atoms with van der Waals surface area (Å²) in [5.74, 6) is 0.163. The van der Waals surface area contributed by atoms with Gasteiger partial charge in [0.05, 0.1) is 6.10 Å². The van der Waals surface area contributed by atoms with Crippen LogP contribution in [0.2, 0.25) is 0 Å². The van der Waals surface area contributed by atoms with Crippen LogP contribution in [0.3, 0.4) is 0 Å². The fourth-order valence-electron chi connectivity index (χ4n) is 0.971. The van der Waals surface area contributed by atoms with E-state index in [1.807, 2.05) is 30.3 Å². The van der Waals surface area contributed by atoms with Gasteiger partial charge in [0, 0.05) is 17.6 Å². The highest BCUT2D eigenvalue weighted by Gasteiger charge is 2.06. The van der Waals surface area contributed by atoms with Gasteiger partial charge >= 0.3 is 5.97 Å². The smallest absolute Gasteiger partial charge is 0.302 e. The highest BCUT2D eigenvalue weighted by molar-refractivity contribution is 7.99. The predicted octanol–water partition coefficient (Wildman–Crippen LogP) is 1.70. The van der Waals surface area contributed by atoms with Crippen LogP contribution in [-0.4, -0.2) is 29.5 Å². The molecule has 0 aliphatic carbocycles. The van der Waals surface area contributed by atoms with Crippen molar-refractivity contribution < 1.29 is 14.6 Å². The van der Waals surface area contributed by atoms with Crippen LogP contribution in [0.15, 0.2) is 35.2 Å². The Hall–Kier alpha value is -1.00. The van der Waals surface area contributed by atoms with Crippen LogP contribution in [0.4, 0.5) is 0 Å². The first-order valence-electron chi connectivity index (χ1n) is 4.68. The van der Waals surface area contributed by atoms with Gasteiger partial charge in [-0.3, -0.25) is 4.79 Å². The largest absolute Gasteiger partial charge is 0.463 e. The van der Waals surface area contributed by atoms with Crippen LogP contribution in [0, 0.1) is 0 Å². The fourth-order valence-corrected chi connectivity index (χ4v) is 1.80. The summed E-state index contributed by atoms with van der Waals surface area (Å²) in [7, 11) is 0. The number of benzene rings is 1. The predicted molar refractivity (Wildman–Crippen MR) is 59.8 cm³/mol. The molecule has 1 aromatic carbocycles. The van der Waals surface area contributed by atoms with Gasteiger partial charge in [0.2, 0.25) is 0 Å². The van der Waals surface area contributed by atoms with E-state index < -0.39 is 6.10 Å². The van der Waals surface area contributed by atoms with E-state index in [4.69, 9.17) is 0 Å². The maximum Gasteiger partial charge on any atom is 0.302 e. The van der Waals surface area contributed by atoms with Gasteiger partial charge in [-0.25, -0.2) is 0 Å². The maximum absolute atomic E-state index is 10.5. The molecule has 0 saturated carbocycles. The molecule has 15 heavy (non-hydrogen) atoms. The quantitative estimate of drug-likeness (QED) is 0.613. The summed E-state index contributed by atoms with van der Waals surface area (Å²) in [5.41, 5.74) is 0. The van der Waals surface area contributed by atoms with Crippen molar-refractivity contribution in [2.75, 3.05) is 12.4 Å². The standard InChI is InChI=1S/C11H14O3S/c1-9(12)14-7-10(13)8-15-11-5-3-2-4-6-11/h2-6,10,13H,7-8H2,1H3. The van der Waals surface area contributed by atoms with E-state index >= 15 is 0 Å². The number of aliphatic hydroxyl groups excluding tert-OH is 1. The van der Waals surface area contributed by atoms with Gasteiger partial charge in [-0.2, -0.15) is 0 Å². The van der Waals surface area contributed by atoms with Gasteiger partial charge in [0.1, 0.15) is 6.61 Å². The minimum absolute atomic E-state index is 0.0646. The number of hydrogen-bond acceptors (Lipinski definition) is 4. The number of hydrogen-bond donors (Lipinski definition) is 1. The second-order valence-electron chi connectivity index (χ2n) is 3.08. The Bertz CT molecular complexity index is 300. The Morgan fingerprint density at radius 1 is 1.47 bits per heavy atom.